The van der Waals surface area contributed by atoms with Crippen molar-refractivity contribution < 1.29 is 9.53 Å². The maximum atomic E-state index is 12.4. The molecule has 0 aromatic rings. The highest BCUT2D eigenvalue weighted by molar-refractivity contribution is 5.82. The molecular weight excluding hydrogens is 228 g/mol. The van der Waals surface area contributed by atoms with Crippen LogP contribution < -0.4 is 5.73 Å². The second kappa shape index (κ2) is 4.82. The third-order valence-electron chi connectivity index (χ3n) is 5.22. The number of hydrogen-bond donors (Lipinski definition) is 1. The van der Waals surface area contributed by atoms with Crippen LogP contribution in [0.25, 0.3) is 0 Å². The van der Waals surface area contributed by atoms with Crippen LogP contribution in [0.4, 0.5) is 0 Å². The third kappa shape index (κ3) is 2.16. The number of ether oxygens (including phenoxy) is 1. The van der Waals surface area contributed by atoms with E-state index < -0.39 is 0 Å². The molecule has 1 saturated carbocycles. The van der Waals surface area contributed by atoms with Gasteiger partial charge in [0.25, 0.3) is 0 Å². The summed E-state index contributed by atoms with van der Waals surface area (Å²) in [6.07, 6.45) is 7.03. The van der Waals surface area contributed by atoms with Crippen molar-refractivity contribution in [1.82, 2.24) is 4.90 Å². The van der Waals surface area contributed by atoms with Gasteiger partial charge in [-0.05, 0) is 43.4 Å². The summed E-state index contributed by atoms with van der Waals surface area (Å²) in [6, 6.07) is -0.302. The zero-order valence-electron chi connectivity index (χ0n) is 11.1. The minimum absolute atomic E-state index is 0.186. The third-order valence-corrected chi connectivity index (χ3v) is 5.22. The Kier molecular flexibility index (Phi) is 3.32. The minimum Gasteiger partial charge on any atom is -0.381 e. The second-order valence-electron chi connectivity index (χ2n) is 6.34. The minimum atomic E-state index is -0.302. The van der Waals surface area contributed by atoms with Crippen molar-refractivity contribution in [3.8, 4) is 0 Å². The summed E-state index contributed by atoms with van der Waals surface area (Å²) >= 11 is 0. The predicted molar refractivity (Wildman–Crippen MR) is 69.0 cm³/mol. The normalized spacial score (nSPS) is 29.3. The van der Waals surface area contributed by atoms with E-state index in [0.29, 0.717) is 11.3 Å². The molecule has 0 radical (unpaired) electrons. The number of rotatable bonds is 2. The van der Waals surface area contributed by atoms with Gasteiger partial charge in [0.05, 0.1) is 6.04 Å². The van der Waals surface area contributed by atoms with Gasteiger partial charge in [-0.15, -0.1) is 0 Å². The van der Waals surface area contributed by atoms with E-state index in [1.54, 1.807) is 0 Å². The lowest BCUT2D eigenvalue weighted by Gasteiger charge is -2.38. The second-order valence-corrected chi connectivity index (χ2v) is 6.34. The fourth-order valence-corrected chi connectivity index (χ4v) is 3.70. The average molecular weight is 252 g/mol. The van der Waals surface area contributed by atoms with E-state index >= 15 is 0 Å². The van der Waals surface area contributed by atoms with Crippen LogP contribution in [0.3, 0.4) is 0 Å². The molecule has 2 heterocycles. The monoisotopic (exact) mass is 252 g/mol. The average Bonchev–Trinajstić information content (AvgIpc) is 2.83. The molecule has 1 aliphatic carbocycles. The first-order valence-electron chi connectivity index (χ1n) is 7.32. The van der Waals surface area contributed by atoms with E-state index in [4.69, 9.17) is 10.5 Å². The Morgan fingerprint density at radius 1 is 1.28 bits per heavy atom. The summed E-state index contributed by atoms with van der Waals surface area (Å²) in [5.74, 6) is 0.509. The summed E-state index contributed by atoms with van der Waals surface area (Å²) in [7, 11) is 0. The zero-order chi connectivity index (χ0) is 12.6. The molecule has 4 nitrogen and oxygen atoms in total. The lowest BCUT2D eigenvalue weighted by atomic mass is 9.68. The van der Waals surface area contributed by atoms with Gasteiger partial charge >= 0.3 is 0 Å². The Morgan fingerprint density at radius 3 is 2.56 bits per heavy atom. The Bertz CT molecular complexity index is 318. The Balaban J connectivity index is 1.57. The molecule has 2 aliphatic heterocycles. The molecule has 3 aliphatic rings. The van der Waals surface area contributed by atoms with E-state index in [2.05, 4.69) is 0 Å². The summed E-state index contributed by atoms with van der Waals surface area (Å²) in [5, 5.41) is 0. The Morgan fingerprint density at radius 2 is 2.00 bits per heavy atom. The summed E-state index contributed by atoms with van der Waals surface area (Å²) in [5.41, 5.74) is 6.65. The highest BCUT2D eigenvalue weighted by Crippen LogP contribution is 2.48. The van der Waals surface area contributed by atoms with Gasteiger partial charge in [0.15, 0.2) is 0 Å². The predicted octanol–water partition coefficient (Wildman–Crippen LogP) is 1.14. The van der Waals surface area contributed by atoms with Crippen molar-refractivity contribution in [3.63, 3.8) is 0 Å². The molecule has 0 aromatic heterocycles. The first kappa shape index (κ1) is 12.4. The maximum absolute atomic E-state index is 12.4. The van der Waals surface area contributed by atoms with Gasteiger partial charge in [0.1, 0.15) is 0 Å². The van der Waals surface area contributed by atoms with E-state index in [1.807, 2.05) is 4.90 Å². The van der Waals surface area contributed by atoms with Gasteiger partial charge in [-0.3, -0.25) is 4.79 Å². The molecule has 0 aromatic carbocycles. The molecule has 0 bridgehead atoms. The summed E-state index contributed by atoms with van der Waals surface area (Å²) < 4.78 is 5.33. The topological polar surface area (TPSA) is 55.6 Å². The van der Waals surface area contributed by atoms with Crippen molar-refractivity contribution >= 4 is 5.91 Å². The van der Waals surface area contributed by atoms with Crippen molar-refractivity contribution in [3.05, 3.63) is 0 Å². The van der Waals surface area contributed by atoms with Gasteiger partial charge < -0.3 is 15.4 Å². The largest absolute Gasteiger partial charge is 0.381 e. The molecule has 3 fully saturated rings. The van der Waals surface area contributed by atoms with Crippen LogP contribution in [0.5, 0.6) is 0 Å². The maximum Gasteiger partial charge on any atom is 0.239 e. The Labute approximate surface area is 109 Å². The molecular formula is C14H24N2O2. The van der Waals surface area contributed by atoms with Gasteiger partial charge in [0.2, 0.25) is 5.91 Å². The molecule has 2 saturated heterocycles. The van der Waals surface area contributed by atoms with Gasteiger partial charge in [-0.25, -0.2) is 0 Å². The Hall–Kier alpha value is -0.610. The molecule has 1 atom stereocenters. The number of likely N-dealkylation sites (tertiary alicyclic amines) is 1. The van der Waals surface area contributed by atoms with Gasteiger partial charge in [-0.1, -0.05) is 6.42 Å². The van der Waals surface area contributed by atoms with Gasteiger partial charge in [-0.2, -0.15) is 0 Å². The molecule has 18 heavy (non-hydrogen) atoms. The SMILES string of the molecule is NC(C(=O)N1CCC2(CCC2)C1)C1CCOCC1. The van der Waals surface area contributed by atoms with Crippen molar-refractivity contribution in [2.75, 3.05) is 26.3 Å². The molecule has 3 rings (SSSR count). The number of hydrogen-bond acceptors (Lipinski definition) is 3. The van der Waals surface area contributed by atoms with Crippen LogP contribution in [0.15, 0.2) is 0 Å². The fourth-order valence-electron chi connectivity index (χ4n) is 3.70. The standard InChI is InChI=1S/C14H24N2O2/c15-12(11-2-8-18-9-3-11)13(17)16-7-6-14(10-16)4-1-5-14/h11-12H,1-10,15H2. The summed E-state index contributed by atoms with van der Waals surface area (Å²) in [4.78, 5) is 14.5. The molecule has 2 N–H and O–H groups in total. The zero-order valence-corrected chi connectivity index (χ0v) is 11.1. The number of amides is 1. The van der Waals surface area contributed by atoms with Crippen LogP contribution >= 0.6 is 0 Å². The van der Waals surface area contributed by atoms with Crippen molar-refractivity contribution in [1.29, 1.82) is 0 Å². The molecule has 1 amide bonds. The quantitative estimate of drug-likeness (QED) is 0.802. The molecule has 1 spiro atoms. The summed E-state index contributed by atoms with van der Waals surface area (Å²) in [6.45, 7) is 3.41. The lowest BCUT2D eigenvalue weighted by Crippen LogP contribution is -2.49. The van der Waals surface area contributed by atoms with Crippen molar-refractivity contribution in [2.45, 2.75) is 44.6 Å². The first-order valence-corrected chi connectivity index (χ1v) is 7.32. The highest BCUT2D eigenvalue weighted by Gasteiger charge is 2.45. The van der Waals surface area contributed by atoms with E-state index in [-0.39, 0.29) is 11.9 Å². The molecule has 1 unspecified atom stereocenters. The molecule has 4 heteroatoms. The molecule has 102 valence electrons. The van der Waals surface area contributed by atoms with E-state index in [0.717, 1.165) is 39.1 Å². The van der Waals surface area contributed by atoms with E-state index in [1.165, 1.54) is 25.7 Å². The van der Waals surface area contributed by atoms with Gasteiger partial charge in [0, 0.05) is 26.3 Å². The van der Waals surface area contributed by atoms with Crippen molar-refractivity contribution in [2.24, 2.45) is 17.1 Å². The van der Waals surface area contributed by atoms with Crippen LogP contribution in [0, 0.1) is 11.3 Å². The van der Waals surface area contributed by atoms with Crippen LogP contribution in [0.1, 0.15) is 38.5 Å². The first-order chi connectivity index (χ1) is 8.70. The van der Waals surface area contributed by atoms with Crippen LogP contribution in [-0.2, 0) is 9.53 Å². The number of carbonyl (C=O) groups excluding carboxylic acids is 1. The smallest absolute Gasteiger partial charge is 0.239 e. The number of nitrogens with two attached hydrogens (primary N) is 1. The van der Waals surface area contributed by atoms with Crippen LogP contribution in [0.2, 0.25) is 0 Å². The van der Waals surface area contributed by atoms with Crippen LogP contribution in [-0.4, -0.2) is 43.2 Å². The van der Waals surface area contributed by atoms with E-state index in [9.17, 15) is 4.79 Å². The lowest BCUT2D eigenvalue weighted by molar-refractivity contribution is -0.134. The number of carbonyl (C=O) groups is 1. The number of nitrogens with zero attached hydrogens (tertiary/aromatic N) is 1. The highest BCUT2D eigenvalue weighted by atomic mass is 16.5. The fraction of sp³-hybridized carbons (Fsp3) is 0.929.